The molecule has 0 radical (unpaired) electrons. The molecule has 0 saturated carbocycles. The van der Waals surface area contributed by atoms with Gasteiger partial charge in [0.15, 0.2) is 0 Å². The Kier molecular flexibility index (Phi) is 6.28. The Morgan fingerprint density at radius 3 is 2.33 bits per heavy atom. The zero-order valence-corrected chi connectivity index (χ0v) is 15.0. The van der Waals surface area contributed by atoms with E-state index < -0.39 is 18.8 Å². The lowest BCUT2D eigenvalue weighted by Crippen LogP contribution is -2.14. The number of halogens is 3. The molecule has 0 aliphatic heterocycles. The number of ether oxygens (including phenoxy) is 1. The lowest BCUT2D eigenvalue weighted by molar-refractivity contribution is 0.0556. The zero-order valence-electron chi connectivity index (χ0n) is 12.5. The van der Waals surface area contributed by atoms with Gasteiger partial charge in [-0.25, -0.2) is 0 Å². The molecule has 0 aliphatic rings. The van der Waals surface area contributed by atoms with Gasteiger partial charge in [-0.15, -0.1) is 0 Å². The molecule has 0 fully saturated rings. The standard InChI is InChI=1S/C16H16BrF2O4P/c17-15-10-13(6-7-14(15)16(18,19)24(20,21)22)11-23-9-8-12-4-2-1-3-5-12/h1-7,10H,8-9,11H2,(H2,20,21,22). The van der Waals surface area contributed by atoms with Gasteiger partial charge < -0.3 is 14.5 Å². The van der Waals surface area contributed by atoms with E-state index in [-0.39, 0.29) is 11.1 Å². The number of hydrogen-bond donors (Lipinski definition) is 2. The van der Waals surface area contributed by atoms with E-state index in [1.54, 1.807) is 0 Å². The van der Waals surface area contributed by atoms with E-state index in [0.29, 0.717) is 12.2 Å². The minimum absolute atomic E-state index is 0.0695. The van der Waals surface area contributed by atoms with Crippen molar-refractivity contribution in [1.29, 1.82) is 0 Å². The summed E-state index contributed by atoms with van der Waals surface area (Å²) in [6.45, 7) is 0.690. The van der Waals surface area contributed by atoms with Crippen LogP contribution >= 0.6 is 23.5 Å². The van der Waals surface area contributed by atoms with E-state index in [0.717, 1.165) is 18.1 Å². The Morgan fingerprint density at radius 2 is 1.75 bits per heavy atom. The summed E-state index contributed by atoms with van der Waals surface area (Å²) in [5.74, 6) is 0. The Bertz CT molecular complexity index is 734. The van der Waals surface area contributed by atoms with Gasteiger partial charge in [0.05, 0.1) is 13.2 Å². The van der Waals surface area contributed by atoms with Crippen LogP contribution in [-0.2, 0) is 28.0 Å². The van der Waals surface area contributed by atoms with Crippen LogP contribution in [0, 0.1) is 0 Å². The molecule has 0 bridgehead atoms. The van der Waals surface area contributed by atoms with Gasteiger partial charge in [0.25, 0.3) is 0 Å². The molecule has 0 amide bonds. The van der Waals surface area contributed by atoms with Crippen LogP contribution in [0.1, 0.15) is 16.7 Å². The second-order valence-corrected chi connectivity index (χ2v) is 7.69. The average Bonchev–Trinajstić information content (AvgIpc) is 2.51. The van der Waals surface area contributed by atoms with Crippen molar-refractivity contribution in [2.24, 2.45) is 0 Å². The van der Waals surface area contributed by atoms with Gasteiger partial charge in [0.1, 0.15) is 0 Å². The molecule has 0 aliphatic carbocycles. The fraction of sp³-hybridized carbons (Fsp3) is 0.250. The molecule has 0 atom stereocenters. The van der Waals surface area contributed by atoms with Crippen molar-refractivity contribution in [3.05, 3.63) is 69.7 Å². The molecule has 0 aromatic heterocycles. The normalized spacial score (nSPS) is 12.4. The van der Waals surface area contributed by atoms with Crippen LogP contribution in [0.15, 0.2) is 53.0 Å². The van der Waals surface area contributed by atoms with Crippen molar-refractivity contribution in [3.8, 4) is 0 Å². The van der Waals surface area contributed by atoms with E-state index in [1.165, 1.54) is 12.1 Å². The van der Waals surface area contributed by atoms with Gasteiger partial charge in [0.2, 0.25) is 0 Å². The van der Waals surface area contributed by atoms with Gasteiger partial charge >= 0.3 is 13.3 Å². The Labute approximate surface area is 146 Å². The summed E-state index contributed by atoms with van der Waals surface area (Å²) in [6.07, 6.45) is 0.733. The zero-order chi connectivity index (χ0) is 17.8. The van der Waals surface area contributed by atoms with Gasteiger partial charge in [-0.3, -0.25) is 4.57 Å². The molecule has 0 saturated heterocycles. The van der Waals surface area contributed by atoms with Crippen LogP contribution in [0.25, 0.3) is 0 Å². The van der Waals surface area contributed by atoms with E-state index in [4.69, 9.17) is 14.5 Å². The van der Waals surface area contributed by atoms with Gasteiger partial charge in [-0.1, -0.05) is 58.4 Å². The van der Waals surface area contributed by atoms with E-state index in [1.807, 2.05) is 30.3 Å². The second kappa shape index (κ2) is 7.85. The van der Waals surface area contributed by atoms with Crippen molar-refractivity contribution in [2.45, 2.75) is 18.7 Å². The molecular formula is C16H16BrF2O4P. The Hall–Kier alpha value is -1.11. The molecule has 0 unspecified atom stereocenters. The van der Waals surface area contributed by atoms with Crippen LogP contribution in [0.2, 0.25) is 0 Å². The molecule has 24 heavy (non-hydrogen) atoms. The summed E-state index contributed by atoms with van der Waals surface area (Å²) in [6, 6.07) is 13.5. The fourth-order valence-corrected chi connectivity index (χ4v) is 3.41. The number of rotatable bonds is 7. The lowest BCUT2D eigenvalue weighted by Gasteiger charge is -2.19. The van der Waals surface area contributed by atoms with Crippen LogP contribution in [0.5, 0.6) is 0 Å². The van der Waals surface area contributed by atoms with Gasteiger partial charge in [-0.2, -0.15) is 8.78 Å². The highest BCUT2D eigenvalue weighted by molar-refractivity contribution is 9.10. The first kappa shape index (κ1) is 19.2. The summed E-state index contributed by atoms with van der Waals surface area (Å²) >= 11 is 2.94. The van der Waals surface area contributed by atoms with Crippen LogP contribution < -0.4 is 0 Å². The van der Waals surface area contributed by atoms with E-state index in [9.17, 15) is 13.3 Å². The molecule has 0 spiro atoms. The van der Waals surface area contributed by atoms with Crippen molar-refractivity contribution >= 4 is 23.5 Å². The van der Waals surface area contributed by atoms with E-state index in [2.05, 4.69) is 15.9 Å². The quantitative estimate of drug-likeness (QED) is 0.513. The molecular weight excluding hydrogens is 405 g/mol. The largest absolute Gasteiger partial charge is 0.399 e. The molecule has 2 N–H and O–H groups in total. The van der Waals surface area contributed by atoms with Crippen molar-refractivity contribution in [1.82, 2.24) is 0 Å². The minimum atomic E-state index is -5.59. The maximum Gasteiger partial charge on any atom is 0.399 e. The highest BCUT2D eigenvalue weighted by Crippen LogP contribution is 2.60. The second-order valence-electron chi connectivity index (χ2n) is 5.19. The first-order chi connectivity index (χ1) is 11.2. The molecule has 2 aromatic carbocycles. The highest BCUT2D eigenvalue weighted by atomic mass is 79.9. The Balaban J connectivity index is 1.96. The van der Waals surface area contributed by atoms with Crippen molar-refractivity contribution in [2.75, 3.05) is 6.61 Å². The summed E-state index contributed by atoms with van der Waals surface area (Å²) in [4.78, 5) is 17.6. The fourth-order valence-electron chi connectivity index (χ4n) is 2.07. The van der Waals surface area contributed by atoms with Gasteiger partial charge in [0, 0.05) is 10.0 Å². The first-order valence-corrected chi connectivity index (χ1v) is 9.46. The maximum absolute atomic E-state index is 13.7. The molecule has 8 heteroatoms. The molecule has 2 aromatic rings. The molecule has 4 nitrogen and oxygen atoms in total. The summed E-state index contributed by atoms with van der Waals surface area (Å²) < 4.78 is 43.8. The summed E-state index contributed by atoms with van der Waals surface area (Å²) in [7, 11) is -5.59. The first-order valence-electron chi connectivity index (χ1n) is 7.06. The minimum Gasteiger partial charge on any atom is -0.376 e. The van der Waals surface area contributed by atoms with Crippen LogP contribution in [0.3, 0.4) is 0 Å². The Morgan fingerprint density at radius 1 is 1.08 bits per heavy atom. The smallest absolute Gasteiger partial charge is 0.376 e. The monoisotopic (exact) mass is 420 g/mol. The molecule has 130 valence electrons. The average molecular weight is 421 g/mol. The van der Waals surface area contributed by atoms with Crippen molar-refractivity contribution in [3.63, 3.8) is 0 Å². The number of benzene rings is 2. The third kappa shape index (κ3) is 4.71. The third-order valence-electron chi connectivity index (χ3n) is 3.37. The molecule has 0 heterocycles. The lowest BCUT2D eigenvalue weighted by atomic mass is 10.1. The highest BCUT2D eigenvalue weighted by Gasteiger charge is 2.51. The predicted molar refractivity (Wildman–Crippen MR) is 89.9 cm³/mol. The van der Waals surface area contributed by atoms with E-state index >= 15 is 0 Å². The summed E-state index contributed by atoms with van der Waals surface area (Å²) in [5, 5.41) is 0. The van der Waals surface area contributed by atoms with Crippen LogP contribution in [-0.4, -0.2) is 16.4 Å². The predicted octanol–water partition coefficient (Wildman–Crippen LogP) is 4.44. The maximum atomic E-state index is 13.7. The van der Waals surface area contributed by atoms with Gasteiger partial charge in [-0.05, 0) is 23.6 Å². The topological polar surface area (TPSA) is 66.8 Å². The SMILES string of the molecule is O=P(O)(O)C(F)(F)c1ccc(COCCc2ccccc2)cc1Br. The number of hydrogen-bond acceptors (Lipinski definition) is 2. The number of alkyl halides is 2. The van der Waals surface area contributed by atoms with Crippen LogP contribution in [0.4, 0.5) is 8.78 Å². The molecule has 2 rings (SSSR count). The summed E-state index contributed by atoms with van der Waals surface area (Å²) in [5.41, 5.74) is -3.22. The van der Waals surface area contributed by atoms with Crippen molar-refractivity contribution < 1.29 is 27.9 Å². The third-order valence-corrected chi connectivity index (χ3v) is 5.00.